The van der Waals surface area contributed by atoms with Gasteiger partial charge in [-0.1, -0.05) is 12.1 Å². The number of hydrogen-bond acceptors (Lipinski definition) is 8. The Kier molecular flexibility index (Phi) is 6.96. The Bertz CT molecular complexity index is 942. The second-order valence-corrected chi connectivity index (χ2v) is 5.73. The van der Waals surface area contributed by atoms with Crippen molar-refractivity contribution in [2.45, 2.75) is 6.92 Å². The highest BCUT2D eigenvalue weighted by Gasteiger charge is 2.23. The van der Waals surface area contributed by atoms with Crippen molar-refractivity contribution < 1.29 is 33.5 Å². The number of methoxy groups -OCH3 is 3. The number of nitro groups is 1. The largest absolute Gasteiger partial charge is 0.493 e. The van der Waals surface area contributed by atoms with E-state index in [-0.39, 0.29) is 28.4 Å². The van der Waals surface area contributed by atoms with Crippen molar-refractivity contribution in [2.24, 2.45) is 0 Å². The third kappa shape index (κ3) is 4.72. The predicted octanol–water partition coefficient (Wildman–Crippen LogP) is 2.72. The van der Waals surface area contributed by atoms with E-state index in [4.69, 9.17) is 18.9 Å². The van der Waals surface area contributed by atoms with Crippen LogP contribution in [0.2, 0.25) is 0 Å². The second-order valence-electron chi connectivity index (χ2n) is 5.73. The number of carbonyl (C=O) groups excluding carboxylic acids is 2. The number of esters is 1. The highest BCUT2D eigenvalue weighted by Crippen LogP contribution is 2.40. The van der Waals surface area contributed by atoms with Crippen molar-refractivity contribution in [3.63, 3.8) is 0 Å². The summed E-state index contributed by atoms with van der Waals surface area (Å²) in [6.45, 7) is 0.963. The van der Waals surface area contributed by atoms with E-state index in [0.717, 1.165) is 0 Å². The summed E-state index contributed by atoms with van der Waals surface area (Å²) < 4.78 is 20.6. The van der Waals surface area contributed by atoms with Crippen molar-refractivity contribution >= 4 is 23.3 Å². The molecular formula is C19H20N2O8. The average molecular weight is 404 g/mol. The van der Waals surface area contributed by atoms with Crippen LogP contribution in [-0.4, -0.2) is 44.7 Å². The van der Waals surface area contributed by atoms with Crippen LogP contribution in [0.15, 0.2) is 30.3 Å². The van der Waals surface area contributed by atoms with Crippen LogP contribution in [0.4, 0.5) is 11.4 Å². The van der Waals surface area contributed by atoms with Crippen LogP contribution in [-0.2, 0) is 9.53 Å². The van der Waals surface area contributed by atoms with Gasteiger partial charge in [-0.3, -0.25) is 14.9 Å². The van der Waals surface area contributed by atoms with Gasteiger partial charge >= 0.3 is 5.97 Å². The summed E-state index contributed by atoms with van der Waals surface area (Å²) in [6, 6.07) is 7.29. The number of benzene rings is 2. The molecule has 0 saturated heterocycles. The fourth-order valence-electron chi connectivity index (χ4n) is 2.61. The summed E-state index contributed by atoms with van der Waals surface area (Å²) in [6.07, 6.45) is 0. The van der Waals surface area contributed by atoms with Gasteiger partial charge in [-0.05, 0) is 24.6 Å². The summed E-state index contributed by atoms with van der Waals surface area (Å²) in [5, 5.41) is 13.5. The van der Waals surface area contributed by atoms with Crippen molar-refractivity contribution in [3.8, 4) is 17.2 Å². The first-order valence-corrected chi connectivity index (χ1v) is 8.34. The van der Waals surface area contributed by atoms with E-state index in [1.165, 1.54) is 45.6 Å². The molecule has 0 saturated carbocycles. The number of nitrogens with one attached hydrogen (secondary N) is 1. The van der Waals surface area contributed by atoms with Gasteiger partial charge in [0.15, 0.2) is 18.1 Å². The molecule has 0 radical (unpaired) electrons. The van der Waals surface area contributed by atoms with E-state index in [1.54, 1.807) is 13.0 Å². The molecule has 0 unspecified atom stereocenters. The zero-order chi connectivity index (χ0) is 21.6. The van der Waals surface area contributed by atoms with E-state index in [9.17, 15) is 19.7 Å². The van der Waals surface area contributed by atoms with Gasteiger partial charge in [0.2, 0.25) is 5.75 Å². The maximum Gasteiger partial charge on any atom is 0.342 e. The van der Waals surface area contributed by atoms with Crippen LogP contribution in [0.3, 0.4) is 0 Å². The third-order valence-electron chi connectivity index (χ3n) is 3.97. The lowest BCUT2D eigenvalue weighted by atomic mass is 10.1. The highest BCUT2D eigenvalue weighted by atomic mass is 16.6. The van der Waals surface area contributed by atoms with Crippen molar-refractivity contribution in [1.29, 1.82) is 0 Å². The van der Waals surface area contributed by atoms with Gasteiger partial charge in [-0.15, -0.1) is 0 Å². The standard InChI is InChI=1S/C19H20N2O8/c1-11-6-5-7-13(21(24)25)16(11)20-15(22)10-29-19(23)12-8-9-14(26-2)18(28-4)17(12)27-3/h5-9H,10H2,1-4H3,(H,20,22). The summed E-state index contributed by atoms with van der Waals surface area (Å²) in [5.41, 5.74) is 0.314. The number of amides is 1. The molecule has 1 amide bonds. The van der Waals surface area contributed by atoms with Crippen molar-refractivity contribution in [1.82, 2.24) is 0 Å². The molecule has 0 atom stereocenters. The fraction of sp³-hybridized carbons (Fsp3) is 0.263. The molecule has 10 nitrogen and oxygen atoms in total. The molecule has 29 heavy (non-hydrogen) atoms. The van der Waals surface area contributed by atoms with Gasteiger partial charge in [0.05, 0.1) is 26.3 Å². The summed E-state index contributed by atoms with van der Waals surface area (Å²) in [7, 11) is 4.17. The second kappa shape index (κ2) is 9.40. The van der Waals surface area contributed by atoms with Crippen LogP contribution in [0.5, 0.6) is 17.2 Å². The third-order valence-corrected chi connectivity index (χ3v) is 3.97. The van der Waals surface area contributed by atoms with Crippen LogP contribution in [0, 0.1) is 17.0 Å². The van der Waals surface area contributed by atoms with E-state index >= 15 is 0 Å². The molecule has 0 fully saturated rings. The SMILES string of the molecule is COc1ccc(C(=O)OCC(=O)Nc2c(C)cccc2[N+](=O)[O-])c(OC)c1OC. The molecule has 0 heterocycles. The fourth-order valence-corrected chi connectivity index (χ4v) is 2.61. The van der Waals surface area contributed by atoms with E-state index in [0.29, 0.717) is 11.3 Å². The molecule has 1 N–H and O–H groups in total. The summed E-state index contributed by atoms with van der Waals surface area (Å²) in [5.74, 6) is -0.922. The van der Waals surface area contributed by atoms with Crippen LogP contribution in [0.1, 0.15) is 15.9 Å². The van der Waals surface area contributed by atoms with E-state index in [1.807, 2.05) is 0 Å². The summed E-state index contributed by atoms with van der Waals surface area (Å²) in [4.78, 5) is 35.1. The zero-order valence-electron chi connectivity index (χ0n) is 16.3. The van der Waals surface area contributed by atoms with Gasteiger partial charge in [-0.25, -0.2) is 4.79 Å². The van der Waals surface area contributed by atoms with Gasteiger partial charge in [-0.2, -0.15) is 0 Å². The van der Waals surface area contributed by atoms with Crippen molar-refractivity contribution in [2.75, 3.05) is 33.3 Å². The molecule has 0 spiro atoms. The summed E-state index contributed by atoms with van der Waals surface area (Å²) >= 11 is 0. The Morgan fingerprint density at radius 1 is 1.03 bits per heavy atom. The maximum absolute atomic E-state index is 12.4. The first-order chi connectivity index (χ1) is 13.8. The van der Waals surface area contributed by atoms with E-state index < -0.39 is 23.4 Å². The molecule has 0 aliphatic rings. The molecule has 2 aromatic rings. The smallest absolute Gasteiger partial charge is 0.342 e. The first kappa shape index (κ1) is 21.5. The molecule has 154 valence electrons. The number of nitro benzene ring substituents is 1. The monoisotopic (exact) mass is 404 g/mol. The number of ether oxygens (including phenoxy) is 4. The molecule has 0 aromatic heterocycles. The average Bonchev–Trinajstić information content (AvgIpc) is 2.71. The number of rotatable bonds is 8. The number of carbonyl (C=O) groups is 2. The van der Waals surface area contributed by atoms with Gasteiger partial charge in [0.25, 0.3) is 11.6 Å². The molecule has 0 bridgehead atoms. The Morgan fingerprint density at radius 3 is 2.31 bits per heavy atom. The van der Waals surface area contributed by atoms with Crippen molar-refractivity contribution in [3.05, 3.63) is 51.6 Å². The zero-order valence-corrected chi connectivity index (χ0v) is 16.3. The lowest BCUT2D eigenvalue weighted by Gasteiger charge is -2.15. The minimum Gasteiger partial charge on any atom is -0.493 e. The predicted molar refractivity (Wildman–Crippen MR) is 103 cm³/mol. The number of hydrogen-bond donors (Lipinski definition) is 1. The number of aryl methyl sites for hydroxylation is 1. The number of anilines is 1. The minimum absolute atomic E-state index is 0.0276. The quantitative estimate of drug-likeness (QED) is 0.404. The molecular weight excluding hydrogens is 384 g/mol. The lowest BCUT2D eigenvalue weighted by Crippen LogP contribution is -2.22. The lowest BCUT2D eigenvalue weighted by molar-refractivity contribution is -0.384. The first-order valence-electron chi connectivity index (χ1n) is 8.34. The molecule has 2 rings (SSSR count). The van der Waals surface area contributed by atoms with E-state index in [2.05, 4.69) is 5.32 Å². The Morgan fingerprint density at radius 2 is 1.72 bits per heavy atom. The molecule has 0 aliphatic carbocycles. The topological polar surface area (TPSA) is 126 Å². The Labute approximate surface area is 166 Å². The molecule has 0 aliphatic heterocycles. The van der Waals surface area contributed by atoms with Gasteiger partial charge in [0.1, 0.15) is 11.3 Å². The normalized spacial score (nSPS) is 10.1. The minimum atomic E-state index is -0.836. The van der Waals surface area contributed by atoms with Crippen LogP contribution < -0.4 is 19.5 Å². The van der Waals surface area contributed by atoms with Crippen LogP contribution in [0.25, 0.3) is 0 Å². The van der Waals surface area contributed by atoms with Gasteiger partial charge in [0, 0.05) is 6.07 Å². The maximum atomic E-state index is 12.4. The Hall–Kier alpha value is -3.82. The molecule has 10 heteroatoms. The van der Waals surface area contributed by atoms with Gasteiger partial charge < -0.3 is 24.3 Å². The number of para-hydroxylation sites is 1. The Balaban J connectivity index is 2.14. The highest BCUT2D eigenvalue weighted by molar-refractivity contribution is 5.98. The van der Waals surface area contributed by atoms with Crippen LogP contribution >= 0.6 is 0 Å². The molecule has 2 aromatic carbocycles. The number of nitrogens with zero attached hydrogens (tertiary/aromatic N) is 1.